The van der Waals surface area contributed by atoms with E-state index in [1.807, 2.05) is 40.0 Å². The monoisotopic (exact) mass is 596 g/mol. The van der Waals surface area contributed by atoms with E-state index in [2.05, 4.69) is 26.7 Å². The Morgan fingerprint density at radius 1 is 1.21 bits per heavy atom. The van der Waals surface area contributed by atoms with E-state index in [9.17, 15) is 13.2 Å². The molecular weight excluding hydrogens is 554 g/mol. The average molecular weight is 597 g/mol. The number of nitrogens with one attached hydrogen (secondary N) is 3. The number of aryl methyl sites for hydroxylation is 1. The minimum atomic E-state index is -3.61. The normalized spacial score (nSPS) is 14.0. The zero-order valence-electron chi connectivity index (χ0n) is 25.3. The number of methoxy groups -OCH3 is 1. The number of hydrazine groups is 1. The van der Waals surface area contributed by atoms with Crippen molar-refractivity contribution < 1.29 is 22.6 Å². The van der Waals surface area contributed by atoms with Crippen LogP contribution in [0.2, 0.25) is 0 Å². The third-order valence-electron chi connectivity index (χ3n) is 7.24. The number of ether oxygens (including phenoxy) is 1. The molecule has 0 atom stereocenters. The maximum absolute atomic E-state index is 13.5. The van der Waals surface area contributed by atoms with E-state index >= 15 is 0 Å². The number of carbonyl (C=O) groups is 1. The molecule has 1 saturated carbocycles. The molecule has 1 amide bonds. The topological polar surface area (TPSA) is 159 Å². The van der Waals surface area contributed by atoms with Crippen molar-refractivity contribution in [3.63, 3.8) is 0 Å². The van der Waals surface area contributed by atoms with Crippen LogP contribution in [0.3, 0.4) is 0 Å². The zero-order valence-corrected chi connectivity index (χ0v) is 26.1. The van der Waals surface area contributed by atoms with Gasteiger partial charge in [0.15, 0.2) is 11.8 Å². The summed E-state index contributed by atoms with van der Waals surface area (Å²) in [6, 6.07) is 9.19. The molecule has 1 heterocycles. The molecule has 0 bridgehead atoms. The summed E-state index contributed by atoms with van der Waals surface area (Å²) in [6.45, 7) is 9.98. The second-order valence-corrected chi connectivity index (χ2v) is 13.5. The van der Waals surface area contributed by atoms with E-state index in [1.165, 1.54) is 12.1 Å². The van der Waals surface area contributed by atoms with Crippen molar-refractivity contribution in [3.8, 4) is 5.75 Å². The van der Waals surface area contributed by atoms with Crippen molar-refractivity contribution in [1.29, 1.82) is 0 Å². The molecule has 0 unspecified atom stereocenters. The van der Waals surface area contributed by atoms with Gasteiger partial charge < -0.3 is 15.8 Å². The molecule has 1 aromatic heterocycles. The molecule has 1 fully saturated rings. The molecule has 42 heavy (non-hydrogen) atoms. The maximum Gasteiger partial charge on any atom is 0.255 e. The molecule has 4 rings (SSSR count). The summed E-state index contributed by atoms with van der Waals surface area (Å²) in [5, 5.41) is 7.63. The van der Waals surface area contributed by atoms with Crippen molar-refractivity contribution in [3.05, 3.63) is 70.7 Å². The van der Waals surface area contributed by atoms with Crippen molar-refractivity contribution in [1.82, 2.24) is 5.10 Å². The predicted molar refractivity (Wildman–Crippen MR) is 167 cm³/mol. The summed E-state index contributed by atoms with van der Waals surface area (Å²) >= 11 is 0. The third kappa shape index (κ3) is 6.88. The van der Waals surface area contributed by atoms with Crippen molar-refractivity contribution in [2.45, 2.75) is 65.3 Å². The molecule has 2 aromatic carbocycles. The van der Waals surface area contributed by atoms with Crippen LogP contribution < -0.4 is 36.0 Å². The first-order chi connectivity index (χ1) is 19.6. The number of carbonyl (C=O) groups excluding carboxylic acids is 1. The first kappa shape index (κ1) is 30.9. The lowest BCUT2D eigenvalue weighted by molar-refractivity contribution is -0.759. The Morgan fingerprint density at radius 2 is 1.88 bits per heavy atom. The van der Waals surface area contributed by atoms with Crippen LogP contribution in [-0.4, -0.2) is 32.8 Å². The molecule has 3 aromatic rings. The van der Waals surface area contributed by atoms with Gasteiger partial charge >= 0.3 is 0 Å². The Kier molecular flexibility index (Phi) is 8.60. The predicted octanol–water partition coefficient (Wildman–Crippen LogP) is 4.08. The fraction of sp³-hybridized carbons (Fsp3) is 0.400. The number of rotatable bonds is 10. The van der Waals surface area contributed by atoms with E-state index in [0.717, 1.165) is 47.9 Å². The number of hydrogen-bond acceptors (Lipinski definition) is 7. The van der Waals surface area contributed by atoms with Crippen molar-refractivity contribution in [2.24, 2.45) is 11.6 Å². The zero-order chi connectivity index (χ0) is 31.0. The molecule has 11 nitrogen and oxygen atoms in total. The Hall–Kier alpha value is -4.03. The summed E-state index contributed by atoms with van der Waals surface area (Å²) in [6.07, 6.45) is 7.75. The minimum Gasteiger partial charge on any atom is -0.492 e. The van der Waals surface area contributed by atoms with Crippen molar-refractivity contribution >= 4 is 38.7 Å². The van der Waals surface area contributed by atoms with Gasteiger partial charge in [0, 0.05) is 31.0 Å². The number of aromatic nitrogens is 2. The number of H-pyrrole nitrogens is 1. The van der Waals surface area contributed by atoms with Crippen LogP contribution in [-0.2, 0) is 21.9 Å². The summed E-state index contributed by atoms with van der Waals surface area (Å²) < 4.78 is 34.3. The average Bonchev–Trinajstić information content (AvgIpc) is 3.64. The van der Waals surface area contributed by atoms with Gasteiger partial charge in [-0.05, 0) is 47.7 Å². The van der Waals surface area contributed by atoms with E-state index in [-0.39, 0.29) is 16.9 Å². The van der Waals surface area contributed by atoms with Crippen LogP contribution in [0.4, 0.5) is 17.1 Å². The van der Waals surface area contributed by atoms with E-state index < -0.39 is 15.9 Å². The summed E-state index contributed by atoms with van der Waals surface area (Å²) in [7, 11) is -2.19. The van der Waals surface area contributed by atoms with E-state index in [4.69, 9.17) is 16.3 Å². The minimum absolute atomic E-state index is 0.201. The molecule has 226 valence electrons. The fourth-order valence-corrected chi connectivity index (χ4v) is 5.41. The molecule has 7 N–H and O–H groups in total. The van der Waals surface area contributed by atoms with E-state index in [0.29, 0.717) is 28.7 Å². The van der Waals surface area contributed by atoms with Gasteiger partial charge in [0.2, 0.25) is 15.7 Å². The molecule has 0 aliphatic heterocycles. The summed E-state index contributed by atoms with van der Waals surface area (Å²) in [5.41, 5.74) is 11.9. The number of nitrogens with zero attached hydrogens (tertiary/aromatic N) is 2. The maximum atomic E-state index is 13.5. The number of amides is 1. The van der Waals surface area contributed by atoms with Gasteiger partial charge in [-0.15, -0.1) is 4.68 Å². The second kappa shape index (κ2) is 11.7. The number of sulfonamides is 1. The van der Waals surface area contributed by atoms with Crippen LogP contribution in [0.1, 0.15) is 79.3 Å². The summed E-state index contributed by atoms with van der Waals surface area (Å²) in [5.74, 6) is 6.25. The van der Waals surface area contributed by atoms with Crippen LogP contribution >= 0.6 is 0 Å². The van der Waals surface area contributed by atoms with Gasteiger partial charge in [-0.25, -0.2) is 14.3 Å². The highest BCUT2D eigenvalue weighted by Gasteiger charge is 2.37. The lowest BCUT2D eigenvalue weighted by Crippen LogP contribution is -2.38. The van der Waals surface area contributed by atoms with Crippen molar-refractivity contribution in [2.75, 3.05) is 28.4 Å². The highest BCUT2D eigenvalue weighted by Crippen LogP contribution is 2.39. The first-order valence-corrected chi connectivity index (χ1v) is 15.8. The van der Waals surface area contributed by atoms with Crippen LogP contribution in [0, 0.1) is 6.92 Å². The largest absolute Gasteiger partial charge is 0.492 e. The SMILES string of the molecule is CCc1c(C(N)=CN(N)c2cc(C(=O)Nc3cc(C(C)(C)C)cc(NS(C)(=O)=O)c3OC)ccc2C)c[nH][n+]1C1CC1. The third-order valence-corrected chi connectivity index (χ3v) is 7.83. The Balaban J connectivity index is 1.65. The smallest absolute Gasteiger partial charge is 0.255 e. The van der Waals surface area contributed by atoms with E-state index in [1.54, 1.807) is 30.5 Å². The van der Waals surface area contributed by atoms with Crippen LogP contribution in [0.25, 0.3) is 5.70 Å². The molecule has 0 radical (unpaired) electrons. The Labute approximate surface area is 247 Å². The van der Waals surface area contributed by atoms with Gasteiger partial charge in [0.05, 0.1) is 47.9 Å². The fourth-order valence-electron chi connectivity index (χ4n) is 4.86. The highest BCUT2D eigenvalue weighted by atomic mass is 32.2. The first-order valence-electron chi connectivity index (χ1n) is 13.9. The molecule has 12 heteroatoms. The van der Waals surface area contributed by atoms with Crippen LogP contribution in [0.15, 0.2) is 42.7 Å². The number of anilines is 3. The lowest BCUT2D eigenvalue weighted by atomic mass is 9.86. The Morgan fingerprint density at radius 3 is 2.45 bits per heavy atom. The van der Waals surface area contributed by atoms with Gasteiger partial charge in [-0.2, -0.15) is 5.10 Å². The van der Waals surface area contributed by atoms with Crippen LogP contribution in [0.5, 0.6) is 5.75 Å². The van der Waals surface area contributed by atoms with Gasteiger partial charge in [-0.1, -0.05) is 33.8 Å². The molecule has 0 saturated heterocycles. The molecular formula is C30H42N7O4S+. The number of nitrogens with two attached hydrogens (primary N) is 2. The molecule has 0 spiro atoms. The number of aromatic amines is 1. The Bertz CT molecular complexity index is 1630. The number of hydrogen-bond donors (Lipinski definition) is 5. The highest BCUT2D eigenvalue weighted by molar-refractivity contribution is 7.92. The van der Waals surface area contributed by atoms with Gasteiger partial charge in [0.1, 0.15) is 0 Å². The lowest BCUT2D eigenvalue weighted by Gasteiger charge is -2.24. The van der Waals surface area contributed by atoms with Gasteiger partial charge in [0.25, 0.3) is 5.91 Å². The quantitative estimate of drug-likeness (QED) is 0.134. The molecule has 1 aliphatic rings. The number of benzene rings is 2. The molecule has 1 aliphatic carbocycles. The summed E-state index contributed by atoms with van der Waals surface area (Å²) in [4.78, 5) is 13.5. The standard InChI is InChI=1S/C30H41N7O4S/c1-8-26-22(16-33-37(26)21-11-12-21)23(31)17-36(32)27-13-19(10-9-18(27)2)29(38)34-24-14-20(30(3,4)5)15-25(28(24)41-6)35-42(7,39)40/h9-10,13-17,21,35H,8,11-12,31-32H2,1-7H3,(H,34,38)/p+1. The van der Waals surface area contributed by atoms with Gasteiger partial charge in [-0.3, -0.25) is 14.5 Å². The second-order valence-electron chi connectivity index (χ2n) is 11.8.